The molecule has 2 rings (SSSR count). The summed E-state index contributed by atoms with van der Waals surface area (Å²) in [6.07, 6.45) is 0. The number of carboxylic acids is 1. The Morgan fingerprint density at radius 3 is 2.57 bits per heavy atom. The van der Waals surface area contributed by atoms with Crippen LogP contribution in [0, 0.1) is 0 Å². The third-order valence-corrected chi connectivity index (χ3v) is 3.25. The topological polar surface area (TPSA) is 84.9 Å². The Balaban J connectivity index is 2.01. The highest BCUT2D eigenvalue weighted by Gasteiger charge is 2.12. The summed E-state index contributed by atoms with van der Waals surface area (Å²) in [7, 11) is 1.39. The summed E-state index contributed by atoms with van der Waals surface area (Å²) in [5, 5.41) is 12.0. The molecule has 23 heavy (non-hydrogen) atoms. The maximum Gasteiger partial charge on any atom is 0.335 e. The molecule has 6 nitrogen and oxygen atoms in total. The first-order chi connectivity index (χ1) is 11.0. The highest BCUT2D eigenvalue weighted by Crippen LogP contribution is 2.28. The van der Waals surface area contributed by atoms with E-state index in [2.05, 4.69) is 5.32 Å². The fourth-order valence-corrected chi connectivity index (χ4v) is 2.00. The first kappa shape index (κ1) is 16.6. The van der Waals surface area contributed by atoms with E-state index in [1.54, 1.807) is 24.3 Å². The van der Waals surface area contributed by atoms with Crippen molar-refractivity contribution in [3.8, 4) is 11.5 Å². The van der Waals surface area contributed by atoms with E-state index < -0.39 is 11.9 Å². The van der Waals surface area contributed by atoms with Gasteiger partial charge in [-0.05, 0) is 30.3 Å². The second-order valence-corrected chi connectivity index (χ2v) is 4.89. The number of carboxylic acid groups (broad SMARTS) is 1. The SMILES string of the molecule is COc1cc(C(=O)O)ccc1OCC(=O)Nc1ccccc1Cl. The number of carbonyl (C=O) groups is 2. The lowest BCUT2D eigenvalue weighted by molar-refractivity contribution is -0.118. The van der Waals surface area contributed by atoms with Gasteiger partial charge in [0.15, 0.2) is 18.1 Å². The minimum Gasteiger partial charge on any atom is -0.493 e. The van der Waals surface area contributed by atoms with E-state index in [4.69, 9.17) is 26.2 Å². The molecule has 2 aromatic rings. The summed E-state index contributed by atoms with van der Waals surface area (Å²) in [6, 6.07) is 11.0. The summed E-state index contributed by atoms with van der Waals surface area (Å²) >= 11 is 5.95. The summed E-state index contributed by atoms with van der Waals surface area (Å²) in [4.78, 5) is 22.8. The van der Waals surface area contributed by atoms with Gasteiger partial charge < -0.3 is 19.9 Å². The number of anilines is 1. The van der Waals surface area contributed by atoms with Crippen LogP contribution in [0.1, 0.15) is 10.4 Å². The fourth-order valence-electron chi connectivity index (χ4n) is 1.81. The van der Waals surface area contributed by atoms with E-state index in [1.165, 1.54) is 25.3 Å². The molecule has 0 saturated carbocycles. The van der Waals surface area contributed by atoms with Gasteiger partial charge in [-0.25, -0.2) is 4.79 Å². The van der Waals surface area contributed by atoms with E-state index in [0.29, 0.717) is 10.7 Å². The van der Waals surface area contributed by atoms with Crippen molar-refractivity contribution in [3.63, 3.8) is 0 Å². The van der Waals surface area contributed by atoms with Gasteiger partial charge in [0.25, 0.3) is 5.91 Å². The van der Waals surface area contributed by atoms with Gasteiger partial charge in [-0.15, -0.1) is 0 Å². The van der Waals surface area contributed by atoms with Crippen LogP contribution in [0.5, 0.6) is 11.5 Å². The van der Waals surface area contributed by atoms with Crippen LogP contribution in [0.2, 0.25) is 5.02 Å². The van der Waals surface area contributed by atoms with Crippen molar-refractivity contribution in [2.24, 2.45) is 0 Å². The number of hydrogen-bond acceptors (Lipinski definition) is 4. The van der Waals surface area contributed by atoms with Gasteiger partial charge in [0, 0.05) is 0 Å². The Morgan fingerprint density at radius 2 is 1.91 bits per heavy atom. The van der Waals surface area contributed by atoms with Crippen molar-refractivity contribution >= 4 is 29.2 Å². The second-order valence-electron chi connectivity index (χ2n) is 4.49. The Morgan fingerprint density at radius 1 is 1.17 bits per heavy atom. The first-order valence-corrected chi connectivity index (χ1v) is 6.97. The van der Waals surface area contributed by atoms with Gasteiger partial charge in [-0.3, -0.25) is 4.79 Å². The molecular formula is C16H14ClNO5. The second kappa shape index (κ2) is 7.51. The molecular weight excluding hydrogens is 322 g/mol. The number of benzene rings is 2. The van der Waals surface area contributed by atoms with E-state index in [0.717, 1.165) is 0 Å². The monoisotopic (exact) mass is 335 g/mol. The molecule has 1 amide bonds. The van der Waals surface area contributed by atoms with E-state index >= 15 is 0 Å². The third kappa shape index (κ3) is 4.37. The molecule has 0 heterocycles. The summed E-state index contributed by atoms with van der Waals surface area (Å²) in [5.41, 5.74) is 0.547. The highest BCUT2D eigenvalue weighted by molar-refractivity contribution is 6.33. The van der Waals surface area contributed by atoms with E-state index in [-0.39, 0.29) is 23.7 Å². The summed E-state index contributed by atoms with van der Waals surface area (Å²) in [5.74, 6) is -0.976. The number of para-hydroxylation sites is 1. The van der Waals surface area contributed by atoms with Gasteiger partial charge in [-0.1, -0.05) is 23.7 Å². The molecule has 0 unspecified atom stereocenters. The Hall–Kier alpha value is -2.73. The Bertz CT molecular complexity index is 732. The van der Waals surface area contributed by atoms with Crippen LogP contribution in [-0.4, -0.2) is 30.7 Å². The van der Waals surface area contributed by atoms with Crippen LogP contribution in [0.3, 0.4) is 0 Å². The smallest absolute Gasteiger partial charge is 0.335 e. The van der Waals surface area contributed by atoms with Crippen molar-refractivity contribution < 1.29 is 24.2 Å². The quantitative estimate of drug-likeness (QED) is 0.847. The zero-order valence-corrected chi connectivity index (χ0v) is 13.0. The number of carbonyl (C=O) groups excluding carboxylic acids is 1. The van der Waals surface area contributed by atoms with Gasteiger partial charge in [0.2, 0.25) is 0 Å². The van der Waals surface area contributed by atoms with Gasteiger partial charge in [-0.2, -0.15) is 0 Å². The first-order valence-electron chi connectivity index (χ1n) is 6.59. The van der Waals surface area contributed by atoms with Crippen molar-refractivity contribution in [2.45, 2.75) is 0 Å². The van der Waals surface area contributed by atoms with Crippen molar-refractivity contribution in [3.05, 3.63) is 53.1 Å². The van der Waals surface area contributed by atoms with Crippen LogP contribution < -0.4 is 14.8 Å². The van der Waals surface area contributed by atoms with E-state index in [1.807, 2.05) is 0 Å². The molecule has 0 spiro atoms. The predicted molar refractivity (Wildman–Crippen MR) is 85.5 cm³/mol. The van der Waals surface area contributed by atoms with Crippen molar-refractivity contribution in [1.29, 1.82) is 0 Å². The van der Waals surface area contributed by atoms with Crippen LogP contribution in [-0.2, 0) is 4.79 Å². The van der Waals surface area contributed by atoms with Crippen LogP contribution in [0.15, 0.2) is 42.5 Å². The third-order valence-electron chi connectivity index (χ3n) is 2.92. The molecule has 0 fully saturated rings. The van der Waals surface area contributed by atoms with Crippen LogP contribution >= 0.6 is 11.6 Å². The lowest BCUT2D eigenvalue weighted by Crippen LogP contribution is -2.20. The molecule has 7 heteroatoms. The maximum absolute atomic E-state index is 11.9. The molecule has 0 saturated heterocycles. The van der Waals surface area contributed by atoms with Crippen molar-refractivity contribution in [1.82, 2.24) is 0 Å². The highest BCUT2D eigenvalue weighted by atomic mass is 35.5. The number of aromatic carboxylic acids is 1. The zero-order chi connectivity index (χ0) is 16.8. The van der Waals surface area contributed by atoms with E-state index in [9.17, 15) is 9.59 Å². The molecule has 0 aromatic heterocycles. The largest absolute Gasteiger partial charge is 0.493 e. The number of halogens is 1. The number of ether oxygens (including phenoxy) is 2. The normalized spacial score (nSPS) is 10.0. The van der Waals surface area contributed by atoms with Crippen molar-refractivity contribution in [2.75, 3.05) is 19.0 Å². The Kier molecular flexibility index (Phi) is 5.43. The predicted octanol–water partition coefficient (Wildman–Crippen LogP) is 3.06. The average Bonchev–Trinajstić information content (AvgIpc) is 2.54. The molecule has 0 atom stereocenters. The maximum atomic E-state index is 11.9. The minimum absolute atomic E-state index is 0.0646. The van der Waals surface area contributed by atoms with Gasteiger partial charge in [0.05, 0.1) is 23.4 Å². The number of methoxy groups -OCH3 is 1. The summed E-state index contributed by atoms with van der Waals surface area (Å²) in [6.45, 7) is -0.270. The number of rotatable bonds is 6. The van der Waals surface area contributed by atoms with Gasteiger partial charge in [0.1, 0.15) is 0 Å². The zero-order valence-electron chi connectivity index (χ0n) is 12.2. The molecule has 120 valence electrons. The number of nitrogens with one attached hydrogen (secondary N) is 1. The lowest BCUT2D eigenvalue weighted by Gasteiger charge is -2.12. The standard InChI is InChI=1S/C16H14ClNO5/c1-22-14-8-10(16(20)21)6-7-13(14)23-9-15(19)18-12-5-3-2-4-11(12)17/h2-8H,9H2,1H3,(H,18,19)(H,20,21). The lowest BCUT2D eigenvalue weighted by atomic mass is 10.2. The molecule has 2 aromatic carbocycles. The van der Waals surface area contributed by atoms with Crippen LogP contribution in [0.4, 0.5) is 5.69 Å². The summed E-state index contributed by atoms with van der Waals surface area (Å²) < 4.78 is 10.4. The molecule has 0 bridgehead atoms. The minimum atomic E-state index is -1.08. The molecule has 0 aliphatic carbocycles. The fraction of sp³-hybridized carbons (Fsp3) is 0.125. The van der Waals surface area contributed by atoms with Crippen LogP contribution in [0.25, 0.3) is 0 Å². The molecule has 0 aliphatic rings. The number of hydrogen-bond donors (Lipinski definition) is 2. The molecule has 0 aliphatic heterocycles. The Labute approximate surface area is 137 Å². The average molecular weight is 336 g/mol. The van der Waals surface area contributed by atoms with Gasteiger partial charge >= 0.3 is 5.97 Å². The molecule has 0 radical (unpaired) electrons. The number of amides is 1. The molecule has 2 N–H and O–H groups in total.